The van der Waals surface area contributed by atoms with E-state index in [0.717, 1.165) is 11.4 Å². The van der Waals surface area contributed by atoms with Crippen molar-refractivity contribution < 1.29 is 49.0 Å². The summed E-state index contributed by atoms with van der Waals surface area (Å²) in [6.07, 6.45) is 1.03. The maximum Gasteiger partial charge on any atom is -0.172 e. The third kappa shape index (κ3) is 9.61. The van der Waals surface area contributed by atoms with Crippen LogP contribution in [0.4, 0.5) is 0 Å². The summed E-state index contributed by atoms with van der Waals surface area (Å²) >= 11 is 7.08. The molecule has 4 aromatic rings. The standard InChI is InChI=1S/C23H29.C7H5Cl.C5H5.2ClH.Zr/c1-14-9-16-11-17-10-15(2)21(23(6,7)8)13-19(17)18(16)12-20(14)22(3,4)5;1-6-2-4-7(8)5-3-6;1-2-4-5-3-1;;;/h9,12-13H,11H2,1-8H3;1-5H;1-5H;2*1H;/q-1;;-1;;;+2/p-2. The quantitative estimate of drug-likeness (QED) is 0.242. The predicted octanol–water partition coefficient (Wildman–Crippen LogP) is 3.72. The summed E-state index contributed by atoms with van der Waals surface area (Å²) in [4.78, 5) is 0. The number of aryl methyl sites for hydroxylation is 2. The number of halogens is 3. The minimum atomic E-state index is 0. The van der Waals surface area contributed by atoms with Crippen molar-refractivity contribution in [2.75, 3.05) is 0 Å². The Bertz CT molecular complexity index is 1250. The van der Waals surface area contributed by atoms with Gasteiger partial charge >= 0.3 is 74.4 Å². The van der Waals surface area contributed by atoms with E-state index in [1.54, 1.807) is 0 Å². The van der Waals surface area contributed by atoms with Crippen molar-refractivity contribution in [1.82, 2.24) is 0 Å². The number of rotatable bonds is 1. The molecule has 0 nitrogen and oxygen atoms in total. The molecule has 0 spiro atoms. The van der Waals surface area contributed by atoms with Crippen LogP contribution in [-0.2, 0) is 41.5 Å². The van der Waals surface area contributed by atoms with Crippen LogP contribution in [0.15, 0.2) is 72.8 Å². The van der Waals surface area contributed by atoms with E-state index < -0.39 is 0 Å². The van der Waals surface area contributed by atoms with Gasteiger partial charge in [0.15, 0.2) is 0 Å². The van der Waals surface area contributed by atoms with E-state index in [4.69, 9.17) is 11.6 Å². The van der Waals surface area contributed by atoms with Crippen LogP contribution < -0.4 is 24.8 Å². The second-order valence-corrected chi connectivity index (χ2v) is 13.0. The first kappa shape index (κ1) is 35.7. The van der Waals surface area contributed by atoms with E-state index in [2.05, 4.69) is 83.4 Å². The fraction of sp³-hybridized carbons (Fsp3) is 0.314. The fourth-order valence-corrected chi connectivity index (χ4v) is 5.50. The van der Waals surface area contributed by atoms with E-state index in [-0.39, 0.29) is 35.6 Å². The number of hydrogen-bond acceptors (Lipinski definition) is 0. The second-order valence-electron chi connectivity index (χ2n) is 11.9. The molecule has 0 radical (unpaired) electrons. The van der Waals surface area contributed by atoms with Crippen LogP contribution in [0.2, 0.25) is 5.02 Å². The van der Waals surface area contributed by atoms with Gasteiger partial charge in [0.2, 0.25) is 0 Å². The molecule has 206 valence electrons. The zero-order valence-electron chi connectivity index (χ0n) is 24.3. The van der Waals surface area contributed by atoms with Gasteiger partial charge in [0.05, 0.1) is 0 Å². The Hall–Kier alpha value is -1.37. The monoisotopic (exact) mass is 654 g/mol. The molecule has 0 heterocycles. The maximum atomic E-state index is 5.66. The Balaban J connectivity index is 0.000000392. The molecule has 0 saturated heterocycles. The first-order chi connectivity index (χ1) is 17.3. The summed E-state index contributed by atoms with van der Waals surface area (Å²) in [6.45, 7) is 18.2. The van der Waals surface area contributed by atoms with Crippen molar-refractivity contribution in [3.63, 3.8) is 0 Å². The Morgan fingerprint density at radius 3 is 1.82 bits per heavy atom. The normalized spacial score (nSPS) is 11.4. The number of hydrogen-bond donors (Lipinski definition) is 0. The van der Waals surface area contributed by atoms with E-state index >= 15 is 0 Å². The van der Waals surface area contributed by atoms with Gasteiger partial charge in [-0.1, -0.05) is 71.6 Å². The molecular weight excluding hydrogens is 618 g/mol. The molecule has 1 aliphatic rings. The molecule has 0 aromatic heterocycles. The molecule has 1 aliphatic carbocycles. The van der Waals surface area contributed by atoms with Gasteiger partial charge in [-0.05, 0) is 35.4 Å². The molecule has 5 rings (SSSR count). The average Bonchev–Trinajstić information content (AvgIpc) is 3.49. The zero-order chi connectivity index (χ0) is 27.4. The molecule has 0 N–H and O–H groups in total. The zero-order valence-corrected chi connectivity index (χ0v) is 29.1. The van der Waals surface area contributed by atoms with Gasteiger partial charge in [-0.2, -0.15) is 35.9 Å². The number of benzene rings is 3. The minimum Gasteiger partial charge on any atom is -1.00 e. The van der Waals surface area contributed by atoms with Gasteiger partial charge in [0.25, 0.3) is 0 Å². The van der Waals surface area contributed by atoms with Gasteiger partial charge in [0, 0.05) is 0 Å². The van der Waals surface area contributed by atoms with Gasteiger partial charge in [-0.25, -0.2) is 12.1 Å². The van der Waals surface area contributed by atoms with Crippen LogP contribution in [0, 0.1) is 19.9 Å². The van der Waals surface area contributed by atoms with Crippen molar-refractivity contribution in [2.45, 2.75) is 72.6 Å². The molecule has 39 heavy (non-hydrogen) atoms. The van der Waals surface area contributed by atoms with Crippen molar-refractivity contribution in [2.24, 2.45) is 0 Å². The van der Waals surface area contributed by atoms with E-state index in [0.29, 0.717) is 0 Å². The molecule has 4 aromatic carbocycles. The molecule has 4 heteroatoms. The van der Waals surface area contributed by atoms with E-state index in [1.165, 1.54) is 74.3 Å². The SMILES string of the molecule is Cc1[c-]c2c(cc1C(C)(C)C)-c1cc(C(C)(C)C)c(C)cc1C2.Clc1ccc([CH]=[Zr+2])cc1.[Cl-].[Cl-].c1cc[cH-]c1. The fourth-order valence-electron chi connectivity index (χ4n) is 4.90. The Morgan fingerprint density at radius 1 is 0.821 bits per heavy atom. The summed E-state index contributed by atoms with van der Waals surface area (Å²) in [7, 11) is 0. The summed E-state index contributed by atoms with van der Waals surface area (Å²) in [5.74, 6) is 0. The molecule has 0 bridgehead atoms. The summed E-state index contributed by atoms with van der Waals surface area (Å²) in [5, 5.41) is 0.802. The van der Waals surface area contributed by atoms with Gasteiger partial charge in [-0.15, -0.1) is 16.7 Å². The largest absolute Gasteiger partial charge is 1.00 e. The van der Waals surface area contributed by atoms with Gasteiger partial charge in [0.1, 0.15) is 0 Å². The van der Waals surface area contributed by atoms with Gasteiger partial charge < -0.3 is 24.8 Å². The summed E-state index contributed by atoms with van der Waals surface area (Å²) in [6, 6.07) is 28.8. The second kappa shape index (κ2) is 15.0. The Kier molecular flexibility index (Phi) is 13.7. The summed E-state index contributed by atoms with van der Waals surface area (Å²) in [5.41, 5.74) is 12.9. The molecular formula is C35H39Cl3Zr-2. The van der Waals surface area contributed by atoms with Crippen LogP contribution in [0.1, 0.15) is 80.5 Å². The van der Waals surface area contributed by atoms with Crippen molar-refractivity contribution in [1.29, 1.82) is 0 Å². The molecule has 0 aliphatic heterocycles. The summed E-state index contributed by atoms with van der Waals surface area (Å²) < 4.78 is 2.13. The van der Waals surface area contributed by atoms with Crippen molar-refractivity contribution in [3.05, 3.63) is 123 Å². The average molecular weight is 657 g/mol. The smallest absolute Gasteiger partial charge is 0.172 e. The Labute approximate surface area is 269 Å². The van der Waals surface area contributed by atoms with Crippen molar-refractivity contribution in [3.8, 4) is 11.1 Å². The maximum absolute atomic E-state index is 5.66. The molecule has 0 unspecified atom stereocenters. The van der Waals surface area contributed by atoms with Crippen molar-refractivity contribution >= 4 is 15.3 Å². The molecule has 0 saturated carbocycles. The van der Waals surface area contributed by atoms with E-state index in [9.17, 15) is 0 Å². The first-order valence-electron chi connectivity index (χ1n) is 12.9. The van der Waals surface area contributed by atoms with Crippen LogP contribution in [0.5, 0.6) is 0 Å². The van der Waals surface area contributed by atoms with Gasteiger partial charge in [-0.3, -0.25) is 0 Å². The Morgan fingerprint density at radius 2 is 1.36 bits per heavy atom. The third-order valence-electron chi connectivity index (χ3n) is 6.67. The topological polar surface area (TPSA) is 0 Å². The van der Waals surface area contributed by atoms with Crippen LogP contribution in [0.25, 0.3) is 11.1 Å². The molecule has 0 fully saturated rings. The molecule has 0 atom stereocenters. The van der Waals surface area contributed by atoms with Crippen LogP contribution in [-0.4, -0.2) is 3.71 Å². The predicted molar refractivity (Wildman–Crippen MR) is 159 cm³/mol. The van der Waals surface area contributed by atoms with Crippen LogP contribution >= 0.6 is 11.6 Å². The number of fused-ring (bicyclic) bond motifs is 3. The van der Waals surface area contributed by atoms with E-state index in [1.807, 2.05) is 54.6 Å². The van der Waals surface area contributed by atoms with Crippen LogP contribution in [0.3, 0.4) is 0 Å². The third-order valence-corrected chi connectivity index (χ3v) is 7.74. The first-order valence-corrected chi connectivity index (χ1v) is 14.7. The molecule has 0 amide bonds. The minimum absolute atomic E-state index is 0.